The van der Waals surface area contributed by atoms with Crippen LogP contribution in [-0.4, -0.2) is 25.1 Å². The number of rotatable bonds is 3. The number of hydrogen-bond donors (Lipinski definition) is 3. The molecular formula is C15H11ClN6. The van der Waals surface area contributed by atoms with Gasteiger partial charge in [-0.05, 0) is 6.07 Å². The molecule has 0 amide bonds. The van der Waals surface area contributed by atoms with E-state index in [0.717, 1.165) is 22.2 Å². The second-order valence-electron chi connectivity index (χ2n) is 4.75. The maximum atomic E-state index is 6.28. The third kappa shape index (κ3) is 2.19. The molecule has 22 heavy (non-hydrogen) atoms. The van der Waals surface area contributed by atoms with Crippen molar-refractivity contribution in [3.63, 3.8) is 0 Å². The maximum Gasteiger partial charge on any atom is 0.227 e. The smallest absolute Gasteiger partial charge is 0.227 e. The first-order valence-corrected chi connectivity index (χ1v) is 7.04. The summed E-state index contributed by atoms with van der Waals surface area (Å²) in [5.74, 6) is 0.464. The van der Waals surface area contributed by atoms with Crippen LogP contribution >= 0.6 is 11.6 Å². The van der Waals surface area contributed by atoms with E-state index in [-0.39, 0.29) is 0 Å². The predicted molar refractivity (Wildman–Crippen MR) is 86.2 cm³/mol. The fourth-order valence-corrected chi connectivity index (χ4v) is 2.52. The summed E-state index contributed by atoms with van der Waals surface area (Å²) in [6.45, 7) is 0. The molecule has 0 unspecified atom stereocenters. The van der Waals surface area contributed by atoms with E-state index in [0.29, 0.717) is 16.7 Å². The number of anilines is 2. The number of fused-ring (bicyclic) bond motifs is 1. The lowest BCUT2D eigenvalue weighted by molar-refractivity contribution is 1.09. The lowest BCUT2D eigenvalue weighted by atomic mass is 10.1. The topological polar surface area (TPSA) is 82.3 Å². The predicted octanol–water partition coefficient (Wildman–Crippen LogP) is 3.75. The largest absolute Gasteiger partial charge is 0.360 e. The van der Waals surface area contributed by atoms with E-state index in [1.165, 1.54) is 0 Å². The molecule has 0 fully saturated rings. The second kappa shape index (κ2) is 5.16. The summed E-state index contributed by atoms with van der Waals surface area (Å²) >= 11 is 6.28. The van der Waals surface area contributed by atoms with Gasteiger partial charge in [0.1, 0.15) is 0 Å². The minimum atomic E-state index is 0.464. The van der Waals surface area contributed by atoms with Crippen LogP contribution in [0.2, 0.25) is 5.02 Å². The normalized spacial score (nSPS) is 11.0. The second-order valence-corrected chi connectivity index (χ2v) is 5.16. The van der Waals surface area contributed by atoms with Crippen molar-refractivity contribution in [2.24, 2.45) is 0 Å². The molecule has 0 radical (unpaired) electrons. The van der Waals surface area contributed by atoms with Gasteiger partial charge in [0.25, 0.3) is 0 Å². The molecule has 3 aromatic heterocycles. The van der Waals surface area contributed by atoms with Gasteiger partial charge in [0, 0.05) is 28.9 Å². The monoisotopic (exact) mass is 310 g/mol. The quantitative estimate of drug-likeness (QED) is 0.538. The Morgan fingerprint density at radius 1 is 1.09 bits per heavy atom. The first-order chi connectivity index (χ1) is 10.8. The minimum Gasteiger partial charge on any atom is -0.360 e. The Balaban J connectivity index is 1.80. The molecule has 6 nitrogen and oxygen atoms in total. The molecule has 1 aromatic carbocycles. The van der Waals surface area contributed by atoms with Gasteiger partial charge in [0.15, 0.2) is 0 Å². The minimum absolute atomic E-state index is 0.464. The first kappa shape index (κ1) is 12.8. The lowest BCUT2D eigenvalue weighted by Crippen LogP contribution is -1.97. The zero-order chi connectivity index (χ0) is 14.9. The van der Waals surface area contributed by atoms with Crippen LogP contribution in [0.3, 0.4) is 0 Å². The van der Waals surface area contributed by atoms with Crippen LogP contribution in [0, 0.1) is 0 Å². The highest BCUT2D eigenvalue weighted by atomic mass is 35.5. The van der Waals surface area contributed by atoms with Gasteiger partial charge in [0.2, 0.25) is 5.95 Å². The molecule has 0 aliphatic heterocycles. The van der Waals surface area contributed by atoms with E-state index in [9.17, 15) is 0 Å². The Hall–Kier alpha value is -2.86. The van der Waals surface area contributed by atoms with Crippen molar-refractivity contribution in [1.29, 1.82) is 0 Å². The zero-order valence-electron chi connectivity index (χ0n) is 11.3. The molecule has 7 heteroatoms. The molecule has 0 saturated carbocycles. The van der Waals surface area contributed by atoms with Crippen LogP contribution in [0.25, 0.3) is 22.2 Å². The summed E-state index contributed by atoms with van der Waals surface area (Å²) in [5.41, 5.74) is 3.45. The van der Waals surface area contributed by atoms with Crippen molar-refractivity contribution in [2.75, 3.05) is 5.32 Å². The van der Waals surface area contributed by atoms with Crippen LogP contribution < -0.4 is 5.32 Å². The van der Waals surface area contributed by atoms with Crippen LogP contribution in [0.4, 0.5) is 11.6 Å². The van der Waals surface area contributed by atoms with E-state index in [1.54, 1.807) is 18.6 Å². The van der Waals surface area contributed by atoms with Crippen molar-refractivity contribution in [1.82, 2.24) is 25.1 Å². The summed E-state index contributed by atoms with van der Waals surface area (Å²) in [4.78, 5) is 11.9. The SMILES string of the molecule is Clc1cnc(Nc2cn[nH]c2)nc1-c1c[nH]c2ccccc12. The summed E-state index contributed by atoms with van der Waals surface area (Å²) in [6.07, 6.45) is 6.88. The van der Waals surface area contributed by atoms with Gasteiger partial charge in [-0.15, -0.1) is 0 Å². The Kier molecular flexibility index (Phi) is 3.01. The van der Waals surface area contributed by atoms with E-state index >= 15 is 0 Å². The van der Waals surface area contributed by atoms with Gasteiger partial charge < -0.3 is 10.3 Å². The molecule has 4 aromatic rings. The third-order valence-electron chi connectivity index (χ3n) is 3.34. The zero-order valence-corrected chi connectivity index (χ0v) is 12.1. The Morgan fingerprint density at radius 3 is 2.86 bits per heavy atom. The van der Waals surface area contributed by atoms with Crippen LogP contribution in [0.1, 0.15) is 0 Å². The molecule has 4 rings (SSSR count). The first-order valence-electron chi connectivity index (χ1n) is 6.66. The van der Waals surface area contributed by atoms with Gasteiger partial charge in [-0.2, -0.15) is 5.10 Å². The number of aromatic nitrogens is 5. The molecule has 3 N–H and O–H groups in total. The van der Waals surface area contributed by atoms with Crippen LogP contribution in [0.15, 0.2) is 49.1 Å². The Bertz CT molecular complexity index is 928. The molecule has 0 atom stereocenters. The Labute approximate surface area is 130 Å². The fraction of sp³-hybridized carbons (Fsp3) is 0. The summed E-state index contributed by atoms with van der Waals surface area (Å²) in [5, 5.41) is 11.2. The number of halogens is 1. The van der Waals surface area contributed by atoms with E-state index < -0.39 is 0 Å². The van der Waals surface area contributed by atoms with Gasteiger partial charge in [0.05, 0.1) is 28.8 Å². The van der Waals surface area contributed by atoms with Gasteiger partial charge >= 0.3 is 0 Å². The highest BCUT2D eigenvalue weighted by Crippen LogP contribution is 2.32. The summed E-state index contributed by atoms with van der Waals surface area (Å²) in [6, 6.07) is 8.01. The number of nitrogens with one attached hydrogen (secondary N) is 3. The number of para-hydroxylation sites is 1. The van der Waals surface area contributed by atoms with E-state index in [4.69, 9.17) is 11.6 Å². The standard InChI is InChI=1S/C15H11ClN6/c16-12-8-18-15(21-9-5-19-20-6-9)22-14(12)11-7-17-13-4-2-1-3-10(11)13/h1-8,17H,(H,19,20)(H,18,21,22). The fourth-order valence-electron chi connectivity index (χ4n) is 2.33. The average Bonchev–Trinajstić information content (AvgIpc) is 3.19. The molecule has 0 aliphatic carbocycles. The van der Waals surface area contributed by atoms with Crippen LogP contribution in [-0.2, 0) is 0 Å². The number of nitrogens with zero attached hydrogens (tertiary/aromatic N) is 3. The van der Waals surface area contributed by atoms with Gasteiger partial charge in [-0.3, -0.25) is 5.10 Å². The molecule has 108 valence electrons. The molecule has 0 spiro atoms. The molecule has 0 saturated heterocycles. The van der Waals surface area contributed by atoms with Gasteiger partial charge in [-0.25, -0.2) is 9.97 Å². The number of benzene rings is 1. The van der Waals surface area contributed by atoms with Crippen molar-refractivity contribution < 1.29 is 0 Å². The lowest BCUT2D eigenvalue weighted by Gasteiger charge is -2.06. The van der Waals surface area contributed by atoms with E-state index in [1.807, 2.05) is 30.5 Å². The molecular weight excluding hydrogens is 300 g/mol. The number of hydrogen-bond acceptors (Lipinski definition) is 4. The number of H-pyrrole nitrogens is 2. The summed E-state index contributed by atoms with van der Waals surface area (Å²) < 4.78 is 0. The average molecular weight is 311 g/mol. The molecule has 3 heterocycles. The van der Waals surface area contributed by atoms with Crippen molar-refractivity contribution in [3.8, 4) is 11.3 Å². The highest BCUT2D eigenvalue weighted by molar-refractivity contribution is 6.33. The highest BCUT2D eigenvalue weighted by Gasteiger charge is 2.12. The van der Waals surface area contributed by atoms with E-state index in [2.05, 4.69) is 30.5 Å². The van der Waals surface area contributed by atoms with Gasteiger partial charge in [-0.1, -0.05) is 29.8 Å². The number of aromatic amines is 2. The van der Waals surface area contributed by atoms with Crippen molar-refractivity contribution >= 4 is 34.1 Å². The van der Waals surface area contributed by atoms with Crippen molar-refractivity contribution in [2.45, 2.75) is 0 Å². The molecule has 0 bridgehead atoms. The van der Waals surface area contributed by atoms with Crippen LogP contribution in [0.5, 0.6) is 0 Å². The Morgan fingerprint density at radius 2 is 2.00 bits per heavy atom. The van der Waals surface area contributed by atoms with Crippen molar-refractivity contribution in [3.05, 3.63) is 54.1 Å². The molecule has 0 aliphatic rings. The maximum absolute atomic E-state index is 6.28. The third-order valence-corrected chi connectivity index (χ3v) is 3.62. The summed E-state index contributed by atoms with van der Waals surface area (Å²) in [7, 11) is 0.